The number of anilines is 1. The van der Waals surface area contributed by atoms with E-state index in [0.717, 1.165) is 17.7 Å². The zero-order valence-electron chi connectivity index (χ0n) is 7.87. The van der Waals surface area contributed by atoms with Gasteiger partial charge in [0.2, 0.25) is 0 Å². The van der Waals surface area contributed by atoms with Crippen LogP contribution in [0.2, 0.25) is 0 Å². The van der Waals surface area contributed by atoms with E-state index in [0.29, 0.717) is 0 Å². The zero-order valence-corrected chi connectivity index (χ0v) is 7.87. The van der Waals surface area contributed by atoms with Gasteiger partial charge in [-0.3, -0.25) is 4.79 Å². The first-order valence-electron chi connectivity index (χ1n) is 4.18. The van der Waals surface area contributed by atoms with Crippen LogP contribution >= 0.6 is 0 Å². The number of nitrogens with one attached hydrogen (secondary N) is 1. The lowest BCUT2D eigenvalue weighted by Gasteiger charge is -2.05. The van der Waals surface area contributed by atoms with Gasteiger partial charge in [-0.05, 0) is 32.1 Å². The molecule has 1 N–H and O–H groups in total. The number of aryl methyl sites for hydroxylation is 1. The molecule has 1 rings (SSSR count). The van der Waals surface area contributed by atoms with Crippen molar-refractivity contribution in [1.82, 2.24) is 0 Å². The van der Waals surface area contributed by atoms with Gasteiger partial charge in [-0.1, -0.05) is 17.7 Å². The van der Waals surface area contributed by atoms with Crippen molar-refractivity contribution in [1.29, 1.82) is 0 Å². The molecular weight excluding hydrogens is 162 g/mol. The average Bonchev–Trinajstić information content (AvgIpc) is 2.09. The van der Waals surface area contributed by atoms with Gasteiger partial charge in [-0.2, -0.15) is 0 Å². The molecule has 0 aliphatic carbocycles. The Morgan fingerprint density at radius 1 is 1.31 bits per heavy atom. The van der Waals surface area contributed by atoms with Crippen molar-refractivity contribution in [3.63, 3.8) is 0 Å². The summed E-state index contributed by atoms with van der Waals surface area (Å²) in [6.45, 7) is 3.89. The predicted molar refractivity (Wildman–Crippen MR) is 54.6 cm³/mol. The van der Waals surface area contributed by atoms with E-state index >= 15 is 0 Å². The number of aldehydes is 1. The van der Waals surface area contributed by atoms with E-state index in [1.807, 2.05) is 38.1 Å². The highest BCUT2D eigenvalue weighted by Crippen LogP contribution is 2.10. The van der Waals surface area contributed by atoms with Crippen molar-refractivity contribution in [3.8, 4) is 0 Å². The Hall–Kier alpha value is -1.57. The summed E-state index contributed by atoms with van der Waals surface area (Å²) in [5.41, 5.74) is 3.07. The molecule has 0 aliphatic rings. The molecule has 68 valence electrons. The number of benzene rings is 1. The van der Waals surface area contributed by atoms with Crippen molar-refractivity contribution in [3.05, 3.63) is 41.6 Å². The van der Waals surface area contributed by atoms with Gasteiger partial charge in [0, 0.05) is 11.4 Å². The Morgan fingerprint density at radius 2 is 1.92 bits per heavy atom. The van der Waals surface area contributed by atoms with Crippen LogP contribution < -0.4 is 5.32 Å². The van der Waals surface area contributed by atoms with Crippen LogP contribution in [-0.4, -0.2) is 6.29 Å². The lowest BCUT2D eigenvalue weighted by atomic mass is 10.2. The molecule has 1 aromatic rings. The molecule has 0 amide bonds. The SMILES string of the molecule is CC(=CC=O)Nc1ccc(C)cc1. The standard InChI is InChI=1S/C11H13NO/c1-9-3-5-11(6-4-9)12-10(2)7-8-13/h3-8,12H,1-2H3. The van der Waals surface area contributed by atoms with Crippen LogP contribution in [-0.2, 0) is 4.79 Å². The Bertz CT molecular complexity index is 311. The van der Waals surface area contributed by atoms with E-state index in [1.54, 1.807) is 0 Å². The van der Waals surface area contributed by atoms with Crippen LogP contribution in [0.15, 0.2) is 36.0 Å². The highest BCUT2D eigenvalue weighted by molar-refractivity contribution is 5.67. The third kappa shape index (κ3) is 3.11. The number of hydrogen-bond donors (Lipinski definition) is 1. The topological polar surface area (TPSA) is 29.1 Å². The van der Waals surface area contributed by atoms with Crippen LogP contribution in [0.3, 0.4) is 0 Å². The van der Waals surface area contributed by atoms with Crippen LogP contribution in [0.4, 0.5) is 5.69 Å². The lowest BCUT2D eigenvalue weighted by Crippen LogP contribution is -1.95. The van der Waals surface area contributed by atoms with Gasteiger partial charge in [0.15, 0.2) is 0 Å². The zero-order chi connectivity index (χ0) is 9.68. The maximum atomic E-state index is 10.1. The summed E-state index contributed by atoms with van der Waals surface area (Å²) in [6.07, 6.45) is 2.27. The van der Waals surface area contributed by atoms with Gasteiger partial charge in [0.25, 0.3) is 0 Å². The maximum Gasteiger partial charge on any atom is 0.144 e. The monoisotopic (exact) mass is 175 g/mol. The maximum absolute atomic E-state index is 10.1. The molecule has 2 nitrogen and oxygen atoms in total. The molecule has 0 unspecified atom stereocenters. The number of rotatable bonds is 3. The third-order valence-corrected chi connectivity index (χ3v) is 1.71. The molecule has 0 aliphatic heterocycles. The Labute approximate surface area is 78.3 Å². The third-order valence-electron chi connectivity index (χ3n) is 1.71. The van der Waals surface area contributed by atoms with Crippen molar-refractivity contribution in [2.45, 2.75) is 13.8 Å². The second-order valence-corrected chi connectivity index (χ2v) is 2.98. The van der Waals surface area contributed by atoms with E-state index in [-0.39, 0.29) is 0 Å². The van der Waals surface area contributed by atoms with Crippen molar-refractivity contribution in [2.75, 3.05) is 5.32 Å². The lowest BCUT2D eigenvalue weighted by molar-refractivity contribution is -0.104. The fourth-order valence-electron chi connectivity index (χ4n) is 1.01. The molecule has 13 heavy (non-hydrogen) atoms. The number of carbonyl (C=O) groups excluding carboxylic acids is 1. The van der Waals surface area contributed by atoms with Crippen LogP contribution in [0.1, 0.15) is 12.5 Å². The average molecular weight is 175 g/mol. The molecule has 1 aromatic carbocycles. The number of allylic oxidation sites excluding steroid dienone is 2. The molecule has 0 aromatic heterocycles. The van der Waals surface area contributed by atoms with E-state index in [1.165, 1.54) is 11.6 Å². The second-order valence-electron chi connectivity index (χ2n) is 2.98. The van der Waals surface area contributed by atoms with Crippen molar-refractivity contribution < 1.29 is 4.79 Å². The van der Waals surface area contributed by atoms with Gasteiger partial charge in [0.05, 0.1) is 0 Å². The van der Waals surface area contributed by atoms with E-state index < -0.39 is 0 Å². The largest absolute Gasteiger partial charge is 0.359 e. The van der Waals surface area contributed by atoms with E-state index in [9.17, 15) is 4.79 Å². The smallest absolute Gasteiger partial charge is 0.144 e. The normalized spacial score (nSPS) is 11.1. The predicted octanol–water partition coefficient (Wildman–Crippen LogP) is 2.51. The molecule has 0 saturated heterocycles. The molecular formula is C11H13NO. The minimum absolute atomic E-state index is 0.774. The summed E-state index contributed by atoms with van der Waals surface area (Å²) < 4.78 is 0. The summed E-state index contributed by atoms with van der Waals surface area (Å²) in [7, 11) is 0. The summed E-state index contributed by atoms with van der Waals surface area (Å²) in [5.74, 6) is 0. The Kier molecular flexibility index (Phi) is 3.26. The fraction of sp³-hybridized carbons (Fsp3) is 0.182. The molecule has 0 saturated carbocycles. The Balaban J connectivity index is 2.69. The van der Waals surface area contributed by atoms with Crippen molar-refractivity contribution >= 4 is 12.0 Å². The minimum atomic E-state index is 0.774. The van der Waals surface area contributed by atoms with Crippen molar-refractivity contribution in [2.24, 2.45) is 0 Å². The summed E-state index contributed by atoms with van der Waals surface area (Å²) in [6, 6.07) is 8.02. The molecule has 2 heteroatoms. The highest BCUT2D eigenvalue weighted by Gasteiger charge is 1.91. The second kappa shape index (κ2) is 4.45. The number of hydrogen-bond acceptors (Lipinski definition) is 2. The highest BCUT2D eigenvalue weighted by atomic mass is 16.1. The molecule has 0 fully saturated rings. The molecule has 0 heterocycles. The summed E-state index contributed by atoms with van der Waals surface area (Å²) in [5, 5.41) is 3.10. The van der Waals surface area contributed by atoms with Crippen LogP contribution in [0.5, 0.6) is 0 Å². The summed E-state index contributed by atoms with van der Waals surface area (Å²) >= 11 is 0. The molecule has 0 atom stereocenters. The Morgan fingerprint density at radius 3 is 2.46 bits per heavy atom. The first kappa shape index (κ1) is 9.52. The van der Waals surface area contributed by atoms with Gasteiger partial charge >= 0.3 is 0 Å². The van der Waals surface area contributed by atoms with Gasteiger partial charge in [0.1, 0.15) is 6.29 Å². The van der Waals surface area contributed by atoms with E-state index in [2.05, 4.69) is 5.32 Å². The van der Waals surface area contributed by atoms with Gasteiger partial charge in [-0.25, -0.2) is 0 Å². The quantitative estimate of drug-likeness (QED) is 0.565. The summed E-state index contributed by atoms with van der Waals surface area (Å²) in [4.78, 5) is 10.1. The van der Waals surface area contributed by atoms with Crippen LogP contribution in [0.25, 0.3) is 0 Å². The van der Waals surface area contributed by atoms with Crippen LogP contribution in [0, 0.1) is 6.92 Å². The van der Waals surface area contributed by atoms with Gasteiger partial charge < -0.3 is 5.32 Å². The minimum Gasteiger partial charge on any atom is -0.359 e. The molecule has 0 radical (unpaired) electrons. The van der Waals surface area contributed by atoms with Gasteiger partial charge in [-0.15, -0.1) is 0 Å². The fourth-order valence-corrected chi connectivity index (χ4v) is 1.01. The molecule has 0 spiro atoms. The number of carbonyl (C=O) groups is 1. The van der Waals surface area contributed by atoms with E-state index in [4.69, 9.17) is 0 Å². The first-order chi connectivity index (χ1) is 6.22. The first-order valence-corrected chi connectivity index (χ1v) is 4.18. The molecule has 0 bridgehead atoms.